The summed E-state index contributed by atoms with van der Waals surface area (Å²) >= 11 is 0. The summed E-state index contributed by atoms with van der Waals surface area (Å²) in [5, 5.41) is 8.91. The van der Waals surface area contributed by atoms with Crippen LogP contribution in [0.4, 0.5) is 11.4 Å². The van der Waals surface area contributed by atoms with E-state index in [2.05, 4.69) is 104 Å². The lowest BCUT2D eigenvalue weighted by Crippen LogP contribution is -2.47. The molecule has 14 rings (SSSR count). The number of anilines is 2. The Morgan fingerprint density at radius 2 is 0.707 bits per heavy atom. The number of unbranched alkanes of at least 4 members (excludes halogenated alkanes) is 6. The van der Waals surface area contributed by atoms with Gasteiger partial charge in [-0.15, -0.1) is 0 Å². The molecule has 4 aromatic rings. The van der Waals surface area contributed by atoms with Gasteiger partial charge in [0.25, 0.3) is 0 Å². The van der Waals surface area contributed by atoms with Crippen LogP contribution in [0.25, 0.3) is 66.8 Å². The summed E-state index contributed by atoms with van der Waals surface area (Å²) in [7, 11) is 2.94. The van der Waals surface area contributed by atoms with Gasteiger partial charge in [-0.1, -0.05) is 133 Å². The molecule has 0 amide bonds. The van der Waals surface area contributed by atoms with E-state index in [-0.39, 0.29) is 24.0 Å². The predicted octanol–water partition coefficient (Wildman–Crippen LogP) is 20.7. The molecule has 0 bridgehead atoms. The van der Waals surface area contributed by atoms with Crippen molar-refractivity contribution < 1.29 is 37.6 Å². The van der Waals surface area contributed by atoms with E-state index in [1.165, 1.54) is 211 Å². The van der Waals surface area contributed by atoms with Crippen molar-refractivity contribution in [3.8, 4) is 44.9 Å². The molecule has 0 radical (unpaired) electrons. The highest BCUT2D eigenvalue weighted by Gasteiger charge is 2.36. The zero-order valence-electron chi connectivity index (χ0n) is 59.6. The van der Waals surface area contributed by atoms with E-state index >= 15 is 0 Å². The lowest BCUT2D eigenvalue weighted by atomic mass is 9.89. The Labute approximate surface area is 588 Å². The normalized spacial score (nSPS) is 18.3. The van der Waals surface area contributed by atoms with Gasteiger partial charge in [-0.2, -0.15) is 0 Å². The molecule has 0 aromatic heterocycles. The number of hydrogen-bond acceptors (Lipinski definition) is 10. The Bertz CT molecular complexity index is 3790. The van der Waals surface area contributed by atoms with Crippen molar-refractivity contribution in [3.63, 3.8) is 0 Å². The standard InChI is InChI=1S/C87H110N4O8/c1-94-86(92)74-46-28-26-44-72(74)84-76-52-48-68(88(62-32-14-8-15-33-62)63-34-16-9-17-35-63)58-80(76)98-82-60-70(50-54-78(82)84)90(66-40-22-12-23-41-66)96-56-30-6-4-3-5-7-31-57-97-91(67-42-24-13-25-43-67)71-51-55-79-83(61-71)99-81-59-69(89(64-36-18-10-19-37-64)65-38-20-11-21-39-65)49-53-77(81)85(79)73-45-27-29-47-75(73)87(93)95-2/h26-29,44-55,58-67H,3-25,30-43,56-57H2,1-2H3/q+2. The van der Waals surface area contributed by atoms with Gasteiger partial charge in [-0.25, -0.2) is 18.7 Å². The molecule has 12 nitrogen and oxygen atoms in total. The van der Waals surface area contributed by atoms with Gasteiger partial charge >= 0.3 is 11.9 Å². The minimum absolute atomic E-state index is 0.284. The van der Waals surface area contributed by atoms with Gasteiger partial charge in [0.2, 0.25) is 10.7 Å². The van der Waals surface area contributed by atoms with Crippen molar-refractivity contribution >= 4 is 45.3 Å². The topological polar surface area (TPSA) is 110 Å². The number of benzene rings is 6. The molecule has 12 heteroatoms. The summed E-state index contributed by atoms with van der Waals surface area (Å²) in [6, 6.07) is 45.5. The minimum Gasteiger partial charge on any atom is -0.465 e. The van der Waals surface area contributed by atoms with Gasteiger partial charge in [-0.3, -0.25) is 19.8 Å². The van der Waals surface area contributed by atoms with Crippen molar-refractivity contribution in [1.82, 2.24) is 9.15 Å². The van der Waals surface area contributed by atoms with Gasteiger partial charge in [0.05, 0.1) is 74.2 Å². The number of hydrogen-bond donors (Lipinski definition) is 0. The molecule has 0 N–H and O–H groups in total. The van der Waals surface area contributed by atoms with Crippen molar-refractivity contribution in [2.75, 3.05) is 37.6 Å². The van der Waals surface area contributed by atoms with Crippen LogP contribution in [0.5, 0.6) is 0 Å². The fourth-order valence-electron chi connectivity index (χ4n) is 18.6. The van der Waals surface area contributed by atoms with Gasteiger partial charge < -0.3 is 18.3 Å². The van der Waals surface area contributed by atoms with Gasteiger partial charge in [0.15, 0.2) is 24.2 Å². The van der Waals surface area contributed by atoms with Crippen LogP contribution in [0.2, 0.25) is 0 Å². The van der Waals surface area contributed by atoms with E-state index in [4.69, 9.17) is 28.0 Å². The Balaban J connectivity index is 0.661. The summed E-state index contributed by atoms with van der Waals surface area (Å²) in [5.41, 5.74) is 10.4. The second kappa shape index (κ2) is 33.5. The first kappa shape index (κ1) is 68.8. The first-order valence-corrected chi connectivity index (χ1v) is 39.3. The molecule has 99 heavy (non-hydrogen) atoms. The third kappa shape index (κ3) is 15.8. The Morgan fingerprint density at radius 1 is 0.374 bits per heavy atom. The van der Waals surface area contributed by atoms with Gasteiger partial charge in [0, 0.05) is 109 Å². The smallest absolute Gasteiger partial charge is 0.338 e. The van der Waals surface area contributed by atoms with Crippen LogP contribution in [0.1, 0.15) is 258 Å². The molecule has 0 spiro atoms. The third-order valence-corrected chi connectivity index (χ3v) is 23.6. The number of fused-ring (bicyclic) bond motifs is 4. The number of methoxy groups -OCH3 is 2. The summed E-state index contributed by atoms with van der Waals surface area (Å²) < 4.78 is 30.8. The average Bonchev–Trinajstić information content (AvgIpc) is 0.748. The SMILES string of the molecule is COC(=O)c1ccccc1-c1c2ccc(=[N+](C3CCCCC3)C3CCCCC3)cc-2oc2cc(N(OCCCCCCCCCON(c3ccc4c(-c5ccccc5C(=O)OC)c5ccc(=[N+](C6CCCCC6)C6CCCCC6)cc-5oc4c3)C3CCCCC3)C3CCCCC3)ccc12. The van der Waals surface area contributed by atoms with E-state index in [9.17, 15) is 9.59 Å². The molecule has 0 saturated heterocycles. The highest BCUT2D eigenvalue weighted by atomic mass is 16.7. The van der Waals surface area contributed by atoms with Gasteiger partial charge in [0.1, 0.15) is 22.7 Å². The monoisotopic (exact) mass is 1340 g/mol. The maximum absolute atomic E-state index is 13.5. The van der Waals surface area contributed by atoms with Crippen LogP contribution < -0.4 is 30.0 Å². The van der Waals surface area contributed by atoms with E-state index in [0.29, 0.717) is 48.5 Å². The molecular formula is C87H110N4O8+2. The fourth-order valence-corrected chi connectivity index (χ4v) is 18.6. The third-order valence-electron chi connectivity index (χ3n) is 23.6. The molecular weight excluding hydrogens is 1230 g/mol. The fraction of sp³-hybridized carbons (Fsp3) is 0.540. The number of nitrogens with zero attached hydrogens (tertiary/aromatic N) is 4. The summed E-state index contributed by atoms with van der Waals surface area (Å²) in [5.74, 6) is 0.985. The molecule has 524 valence electrons. The number of hydroxylamine groups is 2. The number of rotatable bonds is 24. The molecule has 4 aromatic carbocycles. The van der Waals surface area contributed by atoms with Crippen LogP contribution in [0.15, 0.2) is 130 Å². The number of esters is 2. The molecule has 0 atom stereocenters. The summed E-state index contributed by atoms with van der Waals surface area (Å²) in [6.07, 6.45) is 45.0. The Hall–Kier alpha value is -7.28. The lowest BCUT2D eigenvalue weighted by molar-refractivity contribution is 0.0592. The molecule has 6 saturated carbocycles. The van der Waals surface area contributed by atoms with Crippen LogP contribution >= 0.6 is 0 Å². The van der Waals surface area contributed by atoms with Crippen molar-refractivity contribution in [2.45, 2.75) is 274 Å². The van der Waals surface area contributed by atoms with Crippen LogP contribution in [0.3, 0.4) is 0 Å². The van der Waals surface area contributed by atoms with E-state index in [0.717, 1.165) is 130 Å². The quantitative estimate of drug-likeness (QED) is 0.0191. The predicted molar refractivity (Wildman–Crippen MR) is 400 cm³/mol. The van der Waals surface area contributed by atoms with Crippen molar-refractivity contribution in [2.24, 2.45) is 0 Å². The highest BCUT2D eigenvalue weighted by Crippen LogP contribution is 2.46. The molecule has 8 aliphatic carbocycles. The van der Waals surface area contributed by atoms with Crippen LogP contribution in [-0.2, 0) is 19.1 Å². The number of ether oxygens (including phenoxy) is 2. The van der Waals surface area contributed by atoms with Gasteiger partial charge in [-0.05, 0) is 150 Å². The average molecular weight is 1340 g/mol. The molecule has 2 heterocycles. The molecule has 6 fully saturated rings. The minimum atomic E-state index is -0.345. The maximum Gasteiger partial charge on any atom is 0.338 e. The van der Waals surface area contributed by atoms with Crippen molar-refractivity contribution in [3.05, 3.63) is 143 Å². The van der Waals surface area contributed by atoms with E-state index < -0.39 is 0 Å². The number of carbonyl (C=O) groups excluding carboxylic acids is 2. The molecule has 0 unspecified atom stereocenters. The molecule has 2 aliphatic heterocycles. The Morgan fingerprint density at radius 3 is 1.06 bits per heavy atom. The zero-order valence-corrected chi connectivity index (χ0v) is 59.6. The maximum atomic E-state index is 13.5. The van der Waals surface area contributed by atoms with E-state index in [1.807, 2.05) is 36.4 Å². The first-order valence-electron chi connectivity index (χ1n) is 39.3. The first-order chi connectivity index (χ1) is 48.9. The number of carbonyl (C=O) groups is 2. The summed E-state index contributed by atoms with van der Waals surface area (Å²) in [4.78, 5) is 41.0. The highest BCUT2D eigenvalue weighted by molar-refractivity contribution is 6.09. The van der Waals surface area contributed by atoms with Crippen molar-refractivity contribution in [1.29, 1.82) is 0 Å². The Kier molecular flexibility index (Phi) is 23.3. The lowest BCUT2D eigenvalue weighted by Gasteiger charge is -2.35. The van der Waals surface area contributed by atoms with E-state index in [1.54, 1.807) is 0 Å². The molecule has 10 aliphatic rings. The van der Waals surface area contributed by atoms with Crippen LogP contribution in [-0.4, -0.2) is 75.6 Å². The largest absolute Gasteiger partial charge is 0.465 e. The van der Waals surface area contributed by atoms with Crippen LogP contribution in [0, 0.1) is 0 Å². The zero-order chi connectivity index (χ0) is 67.3. The second-order valence-electron chi connectivity index (χ2n) is 30.1. The second-order valence-corrected chi connectivity index (χ2v) is 30.1. The summed E-state index contributed by atoms with van der Waals surface area (Å²) in [6.45, 7) is 1.32.